The summed E-state index contributed by atoms with van der Waals surface area (Å²) < 4.78 is 5.48. The zero-order valence-corrected chi connectivity index (χ0v) is 12.8. The van der Waals surface area contributed by atoms with Gasteiger partial charge in [-0.1, -0.05) is 18.2 Å². The number of nitrogens with zero attached hydrogens (tertiary/aromatic N) is 1. The fraction of sp³-hybridized carbons (Fsp3) is 0.647. The van der Waals surface area contributed by atoms with Crippen molar-refractivity contribution in [2.24, 2.45) is 0 Å². The van der Waals surface area contributed by atoms with Gasteiger partial charge in [-0.05, 0) is 45.7 Å². The van der Waals surface area contributed by atoms with E-state index < -0.39 is 0 Å². The lowest BCUT2D eigenvalue weighted by molar-refractivity contribution is 0.144. The van der Waals surface area contributed by atoms with Gasteiger partial charge in [0.2, 0.25) is 0 Å². The number of benzene rings is 1. The molecule has 0 saturated carbocycles. The zero-order chi connectivity index (χ0) is 14.1. The largest absolute Gasteiger partial charge is 0.496 e. The van der Waals surface area contributed by atoms with Crippen LogP contribution in [0.2, 0.25) is 0 Å². The maximum Gasteiger partial charge on any atom is 0.123 e. The molecule has 0 aromatic heterocycles. The predicted molar refractivity (Wildman–Crippen MR) is 82.1 cm³/mol. The van der Waals surface area contributed by atoms with Crippen molar-refractivity contribution in [3.63, 3.8) is 0 Å². The van der Waals surface area contributed by atoms with Crippen LogP contribution in [0.15, 0.2) is 24.3 Å². The molecule has 1 aromatic rings. The van der Waals surface area contributed by atoms with Crippen LogP contribution in [0.1, 0.15) is 44.2 Å². The zero-order valence-electron chi connectivity index (χ0n) is 12.8. The van der Waals surface area contributed by atoms with Gasteiger partial charge in [-0.2, -0.15) is 0 Å². The van der Waals surface area contributed by atoms with Crippen molar-refractivity contribution in [1.29, 1.82) is 0 Å². The number of methoxy groups -OCH3 is 1. The second-order valence-corrected chi connectivity index (χ2v) is 6.35. The van der Waals surface area contributed by atoms with Crippen LogP contribution in [0.4, 0.5) is 0 Å². The molecule has 0 radical (unpaired) electrons. The molecule has 3 atom stereocenters. The molecule has 2 bridgehead atoms. The monoisotopic (exact) mass is 274 g/mol. The third-order valence-electron chi connectivity index (χ3n) is 5.19. The normalized spacial score (nSPS) is 31.2. The topological polar surface area (TPSA) is 24.5 Å². The molecule has 0 aliphatic carbocycles. The number of para-hydroxylation sites is 1. The van der Waals surface area contributed by atoms with Crippen LogP contribution in [0, 0.1) is 0 Å². The molecule has 2 saturated heterocycles. The van der Waals surface area contributed by atoms with Gasteiger partial charge in [-0.15, -0.1) is 0 Å². The average molecular weight is 274 g/mol. The van der Waals surface area contributed by atoms with Crippen LogP contribution in [0.25, 0.3) is 0 Å². The summed E-state index contributed by atoms with van der Waals surface area (Å²) in [5.41, 5.74) is 1.27. The van der Waals surface area contributed by atoms with Gasteiger partial charge in [0, 0.05) is 29.7 Å². The Morgan fingerprint density at radius 1 is 1.20 bits per heavy atom. The Bertz CT molecular complexity index is 448. The average Bonchev–Trinajstić information content (AvgIpc) is 2.68. The Balaban J connectivity index is 1.66. The minimum Gasteiger partial charge on any atom is -0.496 e. The van der Waals surface area contributed by atoms with E-state index in [0.717, 1.165) is 17.8 Å². The standard InChI is InChI=1S/C17H26N2O/c1-12(16-6-4-5-7-17(16)20-3)18-13-10-14-8-9-15(11-13)19(14)2/h4-7,12-15,18H,8-11H2,1-3H3. The molecule has 3 nitrogen and oxygen atoms in total. The molecule has 2 heterocycles. The summed E-state index contributed by atoms with van der Waals surface area (Å²) in [4.78, 5) is 2.59. The second-order valence-electron chi connectivity index (χ2n) is 6.35. The highest BCUT2D eigenvalue weighted by Gasteiger charge is 2.38. The van der Waals surface area contributed by atoms with Crippen molar-refractivity contribution < 1.29 is 4.74 Å². The highest BCUT2D eigenvalue weighted by atomic mass is 16.5. The number of nitrogens with one attached hydrogen (secondary N) is 1. The molecule has 0 amide bonds. The fourth-order valence-electron chi connectivity index (χ4n) is 4.02. The summed E-state index contributed by atoms with van der Waals surface area (Å²) in [7, 11) is 4.05. The number of hydrogen-bond acceptors (Lipinski definition) is 3. The molecular formula is C17H26N2O. The van der Waals surface area contributed by atoms with Gasteiger partial charge in [0.05, 0.1) is 7.11 Å². The Morgan fingerprint density at radius 3 is 2.50 bits per heavy atom. The Hall–Kier alpha value is -1.06. The first kappa shape index (κ1) is 13.9. The first-order valence-corrected chi connectivity index (χ1v) is 7.80. The Morgan fingerprint density at radius 2 is 1.85 bits per heavy atom. The molecule has 0 spiro atoms. The van der Waals surface area contributed by atoms with Gasteiger partial charge >= 0.3 is 0 Å². The lowest BCUT2D eigenvalue weighted by Gasteiger charge is -2.38. The number of hydrogen-bond donors (Lipinski definition) is 1. The quantitative estimate of drug-likeness (QED) is 0.913. The molecule has 3 rings (SSSR count). The van der Waals surface area contributed by atoms with Crippen LogP contribution in [-0.2, 0) is 0 Å². The van der Waals surface area contributed by atoms with Crippen molar-refractivity contribution in [2.45, 2.75) is 56.8 Å². The van der Waals surface area contributed by atoms with Crippen molar-refractivity contribution in [2.75, 3.05) is 14.2 Å². The van der Waals surface area contributed by atoms with E-state index >= 15 is 0 Å². The number of fused-ring (bicyclic) bond motifs is 2. The molecule has 3 unspecified atom stereocenters. The van der Waals surface area contributed by atoms with Crippen molar-refractivity contribution in [3.8, 4) is 5.75 Å². The molecular weight excluding hydrogens is 248 g/mol. The van der Waals surface area contributed by atoms with Crippen molar-refractivity contribution >= 4 is 0 Å². The maximum absolute atomic E-state index is 5.48. The number of rotatable bonds is 4. The molecule has 20 heavy (non-hydrogen) atoms. The van der Waals surface area contributed by atoms with Crippen LogP contribution in [0.5, 0.6) is 5.75 Å². The Kier molecular flexibility index (Phi) is 3.99. The predicted octanol–water partition coefficient (Wildman–Crippen LogP) is 2.97. The second kappa shape index (κ2) is 5.74. The third-order valence-corrected chi connectivity index (χ3v) is 5.19. The van der Waals surface area contributed by atoms with Crippen molar-refractivity contribution in [1.82, 2.24) is 10.2 Å². The molecule has 2 aliphatic rings. The van der Waals surface area contributed by atoms with E-state index in [1.54, 1.807) is 7.11 Å². The van der Waals surface area contributed by atoms with Crippen LogP contribution in [0.3, 0.4) is 0 Å². The van der Waals surface area contributed by atoms with Gasteiger partial charge < -0.3 is 15.0 Å². The number of piperidine rings is 1. The van der Waals surface area contributed by atoms with Gasteiger partial charge in [0.1, 0.15) is 5.75 Å². The van der Waals surface area contributed by atoms with Crippen LogP contribution >= 0.6 is 0 Å². The van der Waals surface area contributed by atoms with Gasteiger partial charge in [-0.3, -0.25) is 0 Å². The lowest BCUT2D eigenvalue weighted by Crippen LogP contribution is -2.47. The molecule has 110 valence electrons. The summed E-state index contributed by atoms with van der Waals surface area (Å²) >= 11 is 0. The van der Waals surface area contributed by atoms with E-state index in [9.17, 15) is 0 Å². The third kappa shape index (κ3) is 2.57. The lowest BCUT2D eigenvalue weighted by atomic mass is 9.96. The van der Waals surface area contributed by atoms with Gasteiger partial charge in [-0.25, -0.2) is 0 Å². The van der Waals surface area contributed by atoms with E-state index in [1.165, 1.54) is 31.2 Å². The minimum absolute atomic E-state index is 0.346. The molecule has 2 fully saturated rings. The minimum atomic E-state index is 0.346. The van der Waals surface area contributed by atoms with E-state index in [2.05, 4.69) is 36.3 Å². The van der Waals surface area contributed by atoms with E-state index in [-0.39, 0.29) is 0 Å². The SMILES string of the molecule is COc1ccccc1C(C)NC1CC2CCC(C1)N2C. The van der Waals surface area contributed by atoms with Gasteiger partial charge in [0.15, 0.2) is 0 Å². The smallest absolute Gasteiger partial charge is 0.123 e. The highest BCUT2D eigenvalue weighted by Crippen LogP contribution is 2.35. The van der Waals surface area contributed by atoms with Gasteiger partial charge in [0.25, 0.3) is 0 Å². The fourth-order valence-corrected chi connectivity index (χ4v) is 4.02. The van der Waals surface area contributed by atoms with E-state index in [0.29, 0.717) is 12.1 Å². The summed E-state index contributed by atoms with van der Waals surface area (Å²) in [5, 5.41) is 3.82. The van der Waals surface area contributed by atoms with Crippen molar-refractivity contribution in [3.05, 3.63) is 29.8 Å². The van der Waals surface area contributed by atoms with E-state index in [1.807, 2.05) is 12.1 Å². The summed E-state index contributed by atoms with van der Waals surface area (Å²) in [6.07, 6.45) is 5.32. The summed E-state index contributed by atoms with van der Waals surface area (Å²) in [6, 6.07) is 10.9. The van der Waals surface area contributed by atoms with Crippen LogP contribution < -0.4 is 10.1 Å². The van der Waals surface area contributed by atoms with Crippen LogP contribution in [-0.4, -0.2) is 37.2 Å². The highest BCUT2D eigenvalue weighted by molar-refractivity contribution is 5.35. The Labute approximate surface area is 122 Å². The number of ether oxygens (including phenoxy) is 1. The molecule has 2 aliphatic heterocycles. The summed E-state index contributed by atoms with van der Waals surface area (Å²) in [5.74, 6) is 0.989. The first-order chi connectivity index (χ1) is 9.69. The van der Waals surface area contributed by atoms with E-state index in [4.69, 9.17) is 4.74 Å². The molecule has 3 heteroatoms. The molecule has 1 N–H and O–H groups in total. The first-order valence-electron chi connectivity index (χ1n) is 7.80. The molecule has 1 aromatic carbocycles. The maximum atomic E-state index is 5.48. The summed E-state index contributed by atoms with van der Waals surface area (Å²) in [6.45, 7) is 2.25.